The van der Waals surface area contributed by atoms with E-state index in [1.165, 1.54) is 30.4 Å². The Balaban J connectivity index is 1.39. The highest BCUT2D eigenvalue weighted by Gasteiger charge is 2.35. The summed E-state index contributed by atoms with van der Waals surface area (Å²) < 4.78 is 29.2. The van der Waals surface area contributed by atoms with Crippen molar-refractivity contribution in [1.82, 2.24) is 0 Å². The number of amides is 1. The molecule has 6 nitrogen and oxygen atoms in total. The maximum Gasteiger partial charge on any atom is 0.254 e. The molecule has 1 aliphatic carbocycles. The number of benzene rings is 2. The van der Waals surface area contributed by atoms with Crippen LogP contribution in [0.5, 0.6) is 5.75 Å². The first-order valence-corrected chi connectivity index (χ1v) is 16.2. The first-order valence-electron chi connectivity index (χ1n) is 14.6. The van der Waals surface area contributed by atoms with E-state index in [4.69, 9.17) is 21.1 Å². The molecule has 8 heteroatoms. The minimum Gasteiger partial charge on any atom is -0.491 e. The lowest BCUT2D eigenvalue weighted by Crippen LogP contribution is -2.38. The van der Waals surface area contributed by atoms with E-state index in [0.29, 0.717) is 42.1 Å². The van der Waals surface area contributed by atoms with E-state index < -0.39 is 16.5 Å². The first kappa shape index (κ1) is 27.1. The minimum atomic E-state index is -1.57. The van der Waals surface area contributed by atoms with E-state index in [-0.39, 0.29) is 6.10 Å². The summed E-state index contributed by atoms with van der Waals surface area (Å²) in [4.78, 5) is 15.6. The second-order valence-electron chi connectivity index (χ2n) is 11.6. The average molecular weight is 570 g/mol. The van der Waals surface area contributed by atoms with Crippen LogP contribution in [0, 0.1) is 17.8 Å². The van der Waals surface area contributed by atoms with Crippen LogP contribution in [-0.2, 0) is 32.5 Å². The molecule has 2 aromatic rings. The number of carbonyl (C=O) groups excluding carboxylic acids is 1. The number of ether oxygens (including phenoxy) is 2. The lowest BCUT2D eigenvalue weighted by Gasteiger charge is -2.42. The van der Waals surface area contributed by atoms with Gasteiger partial charge in [-0.25, -0.2) is 0 Å². The molecule has 2 bridgehead atoms. The van der Waals surface area contributed by atoms with Crippen LogP contribution >= 0.6 is 11.6 Å². The molecular weight excluding hydrogens is 532 g/mol. The molecule has 0 spiro atoms. The van der Waals surface area contributed by atoms with Gasteiger partial charge in [-0.15, -0.1) is 0 Å². The number of nitrogens with zero attached hydrogens (tertiary/aromatic N) is 2. The van der Waals surface area contributed by atoms with Gasteiger partial charge in [0.25, 0.3) is 5.91 Å². The molecule has 6 rings (SSSR count). The zero-order valence-electron chi connectivity index (χ0n) is 22.5. The van der Waals surface area contributed by atoms with Gasteiger partial charge in [0.2, 0.25) is 0 Å². The fourth-order valence-corrected chi connectivity index (χ4v) is 7.78. The maximum atomic E-state index is 13.2. The number of hydrogen-bond donors (Lipinski definition) is 0. The van der Waals surface area contributed by atoms with Crippen molar-refractivity contribution in [2.75, 3.05) is 30.4 Å². The smallest absolute Gasteiger partial charge is 0.254 e. The van der Waals surface area contributed by atoms with Gasteiger partial charge in [-0.2, -0.15) is 10.6 Å². The van der Waals surface area contributed by atoms with Crippen LogP contribution in [0.25, 0.3) is 0 Å². The number of hydrogen-bond acceptors (Lipinski definition) is 6. The van der Waals surface area contributed by atoms with Crippen molar-refractivity contribution in [1.29, 1.82) is 0 Å². The number of halogens is 1. The Morgan fingerprint density at radius 2 is 1.74 bits per heavy atom. The third-order valence-electron chi connectivity index (χ3n) is 9.22. The number of anilines is 1. The molecule has 0 N–H and O–H groups in total. The molecule has 3 aliphatic heterocycles. The van der Waals surface area contributed by atoms with E-state index in [0.717, 1.165) is 68.3 Å². The molecule has 210 valence electrons. The fraction of sp³-hybridized carbons (Fsp3) is 0.581. The van der Waals surface area contributed by atoms with Gasteiger partial charge in [0.05, 0.1) is 18.4 Å². The molecule has 4 atom stereocenters. The molecule has 39 heavy (non-hydrogen) atoms. The van der Waals surface area contributed by atoms with Crippen LogP contribution in [0.4, 0.5) is 5.69 Å². The van der Waals surface area contributed by atoms with Gasteiger partial charge in [-0.3, -0.25) is 4.79 Å². The van der Waals surface area contributed by atoms with E-state index >= 15 is 0 Å². The highest BCUT2D eigenvalue weighted by molar-refractivity contribution is 7.75. The van der Waals surface area contributed by atoms with Gasteiger partial charge < -0.3 is 22.9 Å². The normalized spacial score (nSPS) is 28.5. The third-order valence-corrected chi connectivity index (χ3v) is 10.4. The zero-order chi connectivity index (χ0) is 26.8. The molecule has 1 saturated heterocycles. The van der Waals surface area contributed by atoms with E-state index in [1.807, 2.05) is 18.2 Å². The lowest BCUT2D eigenvalue weighted by atomic mass is 9.70. The predicted octanol–water partition coefficient (Wildman–Crippen LogP) is 6.96. The molecule has 1 saturated carbocycles. The SMILES string of the molecule is O=C1N=[S-](=O)CCC2OCCC2CCC2CCC2CN2Cc3ccc(Cl)cc3CCCCOc3ccc1cc32. The van der Waals surface area contributed by atoms with Crippen molar-refractivity contribution in [3.8, 4) is 5.75 Å². The van der Waals surface area contributed by atoms with Gasteiger partial charge in [-0.05, 0) is 117 Å². The molecule has 2 fully saturated rings. The van der Waals surface area contributed by atoms with Crippen LogP contribution in [-0.4, -0.2) is 37.5 Å². The van der Waals surface area contributed by atoms with E-state index in [9.17, 15) is 9.00 Å². The van der Waals surface area contributed by atoms with Crippen molar-refractivity contribution >= 4 is 33.8 Å². The van der Waals surface area contributed by atoms with Crippen LogP contribution in [0.1, 0.15) is 72.9 Å². The van der Waals surface area contributed by atoms with Crippen LogP contribution in [0.15, 0.2) is 40.8 Å². The molecule has 4 aliphatic rings. The Morgan fingerprint density at radius 3 is 2.62 bits per heavy atom. The highest BCUT2D eigenvalue weighted by Crippen LogP contribution is 2.43. The Morgan fingerprint density at radius 1 is 0.897 bits per heavy atom. The van der Waals surface area contributed by atoms with Crippen molar-refractivity contribution in [2.45, 2.75) is 70.4 Å². The molecule has 4 unspecified atom stereocenters. The summed E-state index contributed by atoms with van der Waals surface area (Å²) >= 11 is 6.41. The van der Waals surface area contributed by atoms with Crippen molar-refractivity contribution in [3.63, 3.8) is 0 Å². The van der Waals surface area contributed by atoms with Crippen LogP contribution < -0.4 is 9.64 Å². The Bertz CT molecular complexity index is 1290. The summed E-state index contributed by atoms with van der Waals surface area (Å²) in [6.45, 7) is 3.03. The summed E-state index contributed by atoms with van der Waals surface area (Å²) in [6, 6.07) is 11.8. The quantitative estimate of drug-likeness (QED) is 0.321. The van der Waals surface area contributed by atoms with Gasteiger partial charge in [0.1, 0.15) is 5.75 Å². The van der Waals surface area contributed by atoms with Gasteiger partial charge in [0, 0.05) is 30.3 Å². The monoisotopic (exact) mass is 569 g/mol. The summed E-state index contributed by atoms with van der Waals surface area (Å²) in [5.41, 5.74) is 3.93. The van der Waals surface area contributed by atoms with Crippen LogP contribution in [0.3, 0.4) is 0 Å². The maximum absolute atomic E-state index is 13.2. The van der Waals surface area contributed by atoms with Crippen molar-refractivity contribution in [2.24, 2.45) is 22.1 Å². The Kier molecular flexibility index (Phi) is 8.47. The number of aryl methyl sites for hydroxylation is 1. The van der Waals surface area contributed by atoms with Crippen molar-refractivity contribution < 1.29 is 18.5 Å². The largest absolute Gasteiger partial charge is 0.491 e. The Labute approximate surface area is 238 Å². The second-order valence-corrected chi connectivity index (χ2v) is 13.3. The average Bonchev–Trinajstić information content (AvgIpc) is 3.35. The predicted molar refractivity (Wildman–Crippen MR) is 155 cm³/mol. The van der Waals surface area contributed by atoms with E-state index in [1.54, 1.807) is 6.07 Å². The minimum absolute atomic E-state index is 0.128. The number of carbonyl (C=O) groups is 1. The van der Waals surface area contributed by atoms with Crippen LogP contribution in [0.2, 0.25) is 5.02 Å². The molecule has 0 aromatic heterocycles. The van der Waals surface area contributed by atoms with E-state index in [2.05, 4.69) is 21.4 Å². The number of rotatable bonds is 0. The number of fused-ring (bicyclic) bond motifs is 4. The molecule has 1 amide bonds. The molecular formula is C31H38ClN2O4S-. The summed E-state index contributed by atoms with van der Waals surface area (Å²) in [6.07, 6.45) is 9.69. The molecule has 0 radical (unpaired) electrons. The summed E-state index contributed by atoms with van der Waals surface area (Å²) in [5, 5.41) is 0.768. The first-order chi connectivity index (χ1) is 19.0. The second kappa shape index (κ2) is 12.2. The van der Waals surface area contributed by atoms with Gasteiger partial charge in [-0.1, -0.05) is 23.4 Å². The highest BCUT2D eigenvalue weighted by atomic mass is 35.5. The molecule has 2 aromatic carbocycles. The Hall–Kier alpha value is -2.09. The molecule has 3 heterocycles. The summed E-state index contributed by atoms with van der Waals surface area (Å²) in [5.74, 6) is 2.53. The fourth-order valence-electron chi connectivity index (χ4n) is 6.77. The third kappa shape index (κ3) is 6.31. The van der Waals surface area contributed by atoms with Gasteiger partial charge in [0.15, 0.2) is 0 Å². The topological polar surface area (TPSA) is 68.2 Å². The van der Waals surface area contributed by atoms with Gasteiger partial charge >= 0.3 is 0 Å². The lowest BCUT2D eigenvalue weighted by molar-refractivity contribution is 0.0791. The van der Waals surface area contributed by atoms with Crippen molar-refractivity contribution in [3.05, 3.63) is 58.1 Å². The summed E-state index contributed by atoms with van der Waals surface area (Å²) in [7, 11) is -1.57. The standard InChI is InChI=1S/C31H38ClN2O4S/c32-27-10-8-26-20-34-19-25-7-5-21(25)4-6-22-12-15-38-29(22)13-16-39(36)33-31(35)24-9-11-30(28(34)18-24)37-14-2-1-3-23(26)17-27/h8-11,17-18,21-22,25,29H,1-7,12-16,19-20H2/q-1. The zero-order valence-corrected chi connectivity index (χ0v) is 24.1.